The molecule has 0 aliphatic carbocycles. The van der Waals surface area contributed by atoms with E-state index < -0.39 is 0 Å². The van der Waals surface area contributed by atoms with Crippen molar-refractivity contribution in [3.05, 3.63) is 46.1 Å². The summed E-state index contributed by atoms with van der Waals surface area (Å²) < 4.78 is 5.37. The number of hydrogen-bond donors (Lipinski definition) is 1. The van der Waals surface area contributed by atoms with Crippen molar-refractivity contribution in [2.75, 3.05) is 5.43 Å². The van der Waals surface area contributed by atoms with E-state index >= 15 is 0 Å². The van der Waals surface area contributed by atoms with Gasteiger partial charge in [-0.2, -0.15) is 5.10 Å². The molecule has 0 radical (unpaired) electrons. The van der Waals surface area contributed by atoms with E-state index in [9.17, 15) is 4.79 Å². The molecule has 0 aliphatic rings. The van der Waals surface area contributed by atoms with Gasteiger partial charge >= 0.3 is 5.63 Å². The summed E-state index contributed by atoms with van der Waals surface area (Å²) in [6, 6.07) is 9.28. The van der Waals surface area contributed by atoms with Crippen LogP contribution in [0.5, 0.6) is 0 Å². The number of fused-ring (bicyclic) bond motifs is 1. The summed E-state index contributed by atoms with van der Waals surface area (Å²) in [5.74, 6) is 0. The predicted molar refractivity (Wildman–Crippen MR) is 109 cm³/mol. The minimum absolute atomic E-state index is 0.379. The van der Waals surface area contributed by atoms with Crippen molar-refractivity contribution in [1.29, 1.82) is 0 Å². The summed E-state index contributed by atoms with van der Waals surface area (Å²) in [5.41, 5.74) is 4.21. The minimum atomic E-state index is -0.379. The molecular weight excluding hydrogens is 346 g/mol. The van der Waals surface area contributed by atoms with Crippen LogP contribution >= 0.6 is 11.3 Å². The van der Waals surface area contributed by atoms with Gasteiger partial charge < -0.3 is 4.42 Å². The first-order valence-corrected chi connectivity index (χ1v) is 9.92. The average Bonchev–Trinajstić information content (AvgIpc) is 3.12. The molecule has 2 heterocycles. The SMILES string of the molecule is CCCCCCC/C=N/Nc1nc(-c2cc3ccccc3oc2=O)cs1. The molecule has 0 atom stereocenters. The lowest BCUT2D eigenvalue weighted by atomic mass is 10.1. The number of nitrogens with zero attached hydrogens (tertiary/aromatic N) is 2. The standard InChI is InChI=1S/C20H23N3O2S/c1-2-3-4-5-6-9-12-21-23-20-22-17(14-26-20)16-13-15-10-7-8-11-18(15)25-19(16)24/h7-8,10-14H,2-6,9H2,1H3,(H,22,23)/b21-12+. The molecule has 5 nitrogen and oxygen atoms in total. The van der Waals surface area contributed by atoms with Gasteiger partial charge in [-0.1, -0.05) is 50.8 Å². The van der Waals surface area contributed by atoms with Gasteiger partial charge in [-0.3, -0.25) is 5.43 Å². The first-order chi connectivity index (χ1) is 12.8. The summed E-state index contributed by atoms with van der Waals surface area (Å²) in [6.07, 6.45) is 9.12. The predicted octanol–water partition coefficient (Wildman–Crippen LogP) is 5.67. The Balaban J connectivity index is 1.60. The second-order valence-corrected chi connectivity index (χ2v) is 7.01. The molecule has 3 rings (SSSR count). The fraction of sp³-hybridized carbons (Fsp3) is 0.350. The third-order valence-corrected chi connectivity index (χ3v) is 4.86. The van der Waals surface area contributed by atoms with Gasteiger partial charge in [-0.05, 0) is 25.0 Å². The molecule has 3 aromatic rings. The lowest BCUT2D eigenvalue weighted by molar-refractivity contribution is 0.563. The quantitative estimate of drug-likeness (QED) is 0.228. The number of benzene rings is 1. The van der Waals surface area contributed by atoms with E-state index in [1.54, 1.807) is 6.07 Å². The summed E-state index contributed by atoms with van der Waals surface area (Å²) in [7, 11) is 0. The molecular formula is C20H23N3O2S. The van der Waals surface area contributed by atoms with E-state index in [0.29, 0.717) is 22.0 Å². The van der Waals surface area contributed by atoms with Crippen molar-refractivity contribution >= 4 is 33.7 Å². The number of anilines is 1. The number of unbranched alkanes of at least 4 members (excludes halogenated alkanes) is 5. The van der Waals surface area contributed by atoms with Gasteiger partial charge in [0.15, 0.2) is 0 Å². The van der Waals surface area contributed by atoms with Gasteiger partial charge in [-0.25, -0.2) is 9.78 Å². The van der Waals surface area contributed by atoms with Gasteiger partial charge in [0, 0.05) is 17.0 Å². The van der Waals surface area contributed by atoms with Crippen molar-refractivity contribution in [3.63, 3.8) is 0 Å². The fourth-order valence-electron chi connectivity index (χ4n) is 2.69. The third-order valence-electron chi connectivity index (χ3n) is 4.11. The van der Waals surface area contributed by atoms with Gasteiger partial charge in [0.1, 0.15) is 5.58 Å². The van der Waals surface area contributed by atoms with Crippen LogP contribution in [0.1, 0.15) is 45.4 Å². The van der Waals surface area contributed by atoms with Crippen molar-refractivity contribution in [2.24, 2.45) is 5.10 Å². The minimum Gasteiger partial charge on any atom is -0.422 e. The molecule has 6 heteroatoms. The molecule has 0 bridgehead atoms. The smallest absolute Gasteiger partial charge is 0.345 e. The van der Waals surface area contributed by atoms with Crippen LogP contribution in [0.4, 0.5) is 5.13 Å². The normalized spacial score (nSPS) is 11.4. The number of hydrogen-bond acceptors (Lipinski definition) is 6. The lowest BCUT2D eigenvalue weighted by Crippen LogP contribution is -2.02. The highest BCUT2D eigenvalue weighted by Gasteiger charge is 2.11. The molecule has 0 spiro atoms. The lowest BCUT2D eigenvalue weighted by Gasteiger charge is -1.99. The number of thiazole rings is 1. The summed E-state index contributed by atoms with van der Waals surface area (Å²) in [6.45, 7) is 2.22. The molecule has 26 heavy (non-hydrogen) atoms. The van der Waals surface area contributed by atoms with Crippen molar-refractivity contribution in [3.8, 4) is 11.3 Å². The second-order valence-electron chi connectivity index (χ2n) is 6.15. The van der Waals surface area contributed by atoms with Crippen molar-refractivity contribution < 1.29 is 4.42 Å². The molecule has 1 N–H and O–H groups in total. The fourth-order valence-corrected chi connectivity index (χ4v) is 3.35. The van der Waals surface area contributed by atoms with E-state index in [0.717, 1.165) is 18.2 Å². The van der Waals surface area contributed by atoms with Gasteiger partial charge in [0.05, 0.1) is 11.3 Å². The molecule has 0 saturated heterocycles. The maximum absolute atomic E-state index is 12.2. The molecule has 1 aromatic carbocycles. The Morgan fingerprint density at radius 3 is 2.96 bits per heavy atom. The van der Waals surface area contributed by atoms with Gasteiger partial charge in [0.25, 0.3) is 0 Å². The van der Waals surface area contributed by atoms with Crippen LogP contribution in [0.25, 0.3) is 22.2 Å². The first-order valence-electron chi connectivity index (χ1n) is 9.04. The van der Waals surface area contributed by atoms with E-state index in [2.05, 4.69) is 22.4 Å². The van der Waals surface area contributed by atoms with Crippen LogP contribution in [0.15, 0.2) is 50.0 Å². The Morgan fingerprint density at radius 1 is 1.23 bits per heavy atom. The Bertz CT molecular complexity index is 930. The van der Waals surface area contributed by atoms with E-state index in [1.165, 1.54) is 37.0 Å². The van der Waals surface area contributed by atoms with Crippen LogP contribution in [0.3, 0.4) is 0 Å². The monoisotopic (exact) mass is 369 g/mol. The van der Waals surface area contributed by atoms with E-state index in [-0.39, 0.29) is 5.63 Å². The van der Waals surface area contributed by atoms with Gasteiger partial charge in [0.2, 0.25) is 5.13 Å². The van der Waals surface area contributed by atoms with Crippen molar-refractivity contribution in [2.45, 2.75) is 45.4 Å². The summed E-state index contributed by atoms with van der Waals surface area (Å²) in [5, 5.41) is 7.59. The number of hydrazone groups is 1. The van der Waals surface area contributed by atoms with Crippen LogP contribution in [0.2, 0.25) is 0 Å². The highest BCUT2D eigenvalue weighted by molar-refractivity contribution is 7.14. The topological polar surface area (TPSA) is 67.5 Å². The molecule has 0 unspecified atom stereocenters. The third kappa shape index (κ3) is 4.79. The highest BCUT2D eigenvalue weighted by atomic mass is 32.1. The Hall–Kier alpha value is -2.47. The van der Waals surface area contributed by atoms with Crippen LogP contribution in [-0.4, -0.2) is 11.2 Å². The van der Waals surface area contributed by atoms with Crippen LogP contribution in [-0.2, 0) is 0 Å². The first kappa shape index (κ1) is 18.3. The Morgan fingerprint density at radius 2 is 2.08 bits per heavy atom. The molecule has 0 aliphatic heterocycles. The Labute approximate surface area is 156 Å². The van der Waals surface area contributed by atoms with Crippen LogP contribution < -0.4 is 11.1 Å². The number of aromatic nitrogens is 1. The number of rotatable bonds is 9. The zero-order chi connectivity index (χ0) is 18.2. The molecule has 2 aromatic heterocycles. The zero-order valence-electron chi connectivity index (χ0n) is 14.9. The summed E-state index contributed by atoms with van der Waals surface area (Å²) in [4.78, 5) is 16.6. The highest BCUT2D eigenvalue weighted by Crippen LogP contribution is 2.25. The largest absolute Gasteiger partial charge is 0.422 e. The molecule has 136 valence electrons. The number of nitrogens with one attached hydrogen (secondary N) is 1. The van der Waals surface area contributed by atoms with E-state index in [1.807, 2.05) is 35.9 Å². The van der Waals surface area contributed by atoms with E-state index in [4.69, 9.17) is 4.42 Å². The molecule has 0 saturated carbocycles. The second kappa shape index (κ2) is 9.29. The average molecular weight is 369 g/mol. The Kier molecular flexibility index (Phi) is 6.55. The van der Waals surface area contributed by atoms with Crippen LogP contribution in [0, 0.1) is 0 Å². The van der Waals surface area contributed by atoms with Gasteiger partial charge in [-0.15, -0.1) is 11.3 Å². The molecule has 0 fully saturated rings. The van der Waals surface area contributed by atoms with Crippen molar-refractivity contribution in [1.82, 2.24) is 4.98 Å². The maximum Gasteiger partial charge on any atom is 0.345 e. The number of para-hydroxylation sites is 1. The summed E-state index contributed by atoms with van der Waals surface area (Å²) >= 11 is 1.42. The molecule has 0 amide bonds. The zero-order valence-corrected chi connectivity index (χ0v) is 15.7. The maximum atomic E-state index is 12.2.